The van der Waals surface area contributed by atoms with E-state index in [9.17, 15) is 4.79 Å². The van der Waals surface area contributed by atoms with Crippen molar-refractivity contribution in [2.45, 2.75) is 96.4 Å². The number of rotatable bonds is 16. The molecule has 1 aromatic rings. The van der Waals surface area contributed by atoms with Crippen LogP contribution in [0.1, 0.15) is 89.5 Å². The number of nitrogens with one attached hydrogen (secondary N) is 1. The molecule has 3 nitrogen and oxygen atoms in total. The summed E-state index contributed by atoms with van der Waals surface area (Å²) < 4.78 is 0. The smallest absolute Gasteiger partial charge is 0.237 e. The number of nitrogens with two attached hydrogens (primary N) is 1. The first-order valence-electron chi connectivity index (χ1n) is 10.8. The second-order valence-corrected chi connectivity index (χ2v) is 7.48. The predicted octanol–water partition coefficient (Wildman–Crippen LogP) is 5.37. The maximum Gasteiger partial charge on any atom is 0.237 e. The van der Waals surface area contributed by atoms with E-state index in [1.54, 1.807) is 0 Å². The van der Waals surface area contributed by atoms with Gasteiger partial charge in [-0.2, -0.15) is 0 Å². The highest BCUT2D eigenvalue weighted by Gasteiger charge is 2.12. The molecular formula is C23H40N2O. The summed E-state index contributed by atoms with van der Waals surface area (Å²) in [4.78, 5) is 12.0. The number of benzene rings is 1. The topological polar surface area (TPSA) is 55.1 Å². The summed E-state index contributed by atoms with van der Waals surface area (Å²) in [5.41, 5.74) is 7.10. The van der Waals surface area contributed by atoms with Crippen LogP contribution in [0.3, 0.4) is 0 Å². The molecule has 1 aromatic carbocycles. The lowest BCUT2D eigenvalue weighted by atomic mass is 10.0. The van der Waals surface area contributed by atoms with Gasteiger partial charge in [-0.25, -0.2) is 0 Å². The first-order chi connectivity index (χ1) is 12.7. The van der Waals surface area contributed by atoms with Crippen LogP contribution in [0, 0.1) is 0 Å². The predicted molar refractivity (Wildman–Crippen MR) is 112 cm³/mol. The van der Waals surface area contributed by atoms with E-state index < -0.39 is 6.04 Å². The molecule has 3 N–H and O–H groups in total. The van der Waals surface area contributed by atoms with Crippen LogP contribution >= 0.6 is 0 Å². The molecule has 0 aliphatic rings. The van der Waals surface area contributed by atoms with Crippen LogP contribution < -0.4 is 11.1 Å². The SMILES string of the molecule is CCCCCCCCCCCCCCNC(=O)[C@@H](N)Cc1ccccc1. The molecule has 0 saturated carbocycles. The second-order valence-electron chi connectivity index (χ2n) is 7.48. The zero-order valence-corrected chi connectivity index (χ0v) is 16.8. The Balaban J connectivity index is 1.88. The summed E-state index contributed by atoms with van der Waals surface area (Å²) >= 11 is 0. The van der Waals surface area contributed by atoms with Crippen LogP contribution in [0.5, 0.6) is 0 Å². The highest BCUT2D eigenvalue weighted by Crippen LogP contribution is 2.11. The van der Waals surface area contributed by atoms with Gasteiger partial charge in [0.15, 0.2) is 0 Å². The van der Waals surface area contributed by atoms with Crippen molar-refractivity contribution in [1.29, 1.82) is 0 Å². The average molecular weight is 361 g/mol. The zero-order valence-electron chi connectivity index (χ0n) is 16.8. The van der Waals surface area contributed by atoms with Crippen LogP contribution in [0.25, 0.3) is 0 Å². The van der Waals surface area contributed by atoms with E-state index in [2.05, 4.69) is 12.2 Å². The van der Waals surface area contributed by atoms with E-state index in [0.29, 0.717) is 6.42 Å². The molecule has 148 valence electrons. The summed E-state index contributed by atoms with van der Waals surface area (Å²) in [6, 6.07) is 9.51. The van der Waals surface area contributed by atoms with Gasteiger partial charge in [0.2, 0.25) is 5.91 Å². The Labute approximate surface area is 161 Å². The minimum Gasteiger partial charge on any atom is -0.355 e. The van der Waals surface area contributed by atoms with Gasteiger partial charge in [0, 0.05) is 6.54 Å². The van der Waals surface area contributed by atoms with Crippen LogP contribution in [-0.2, 0) is 11.2 Å². The Morgan fingerprint density at radius 3 is 1.88 bits per heavy atom. The van der Waals surface area contributed by atoms with Crippen LogP contribution in [0.2, 0.25) is 0 Å². The van der Waals surface area contributed by atoms with E-state index in [1.165, 1.54) is 70.6 Å². The molecule has 1 rings (SSSR count). The zero-order chi connectivity index (χ0) is 18.9. The molecule has 0 heterocycles. The van der Waals surface area contributed by atoms with E-state index in [-0.39, 0.29) is 5.91 Å². The summed E-state index contributed by atoms with van der Waals surface area (Å²) in [5, 5.41) is 2.97. The van der Waals surface area contributed by atoms with Crippen LogP contribution in [-0.4, -0.2) is 18.5 Å². The molecule has 1 atom stereocenters. The van der Waals surface area contributed by atoms with Crippen molar-refractivity contribution >= 4 is 5.91 Å². The number of carbonyl (C=O) groups excluding carboxylic acids is 1. The highest BCUT2D eigenvalue weighted by atomic mass is 16.2. The van der Waals surface area contributed by atoms with Crippen molar-refractivity contribution in [2.75, 3.05) is 6.54 Å². The third-order valence-electron chi connectivity index (χ3n) is 4.96. The first-order valence-corrected chi connectivity index (χ1v) is 10.8. The Kier molecular flexibility index (Phi) is 13.8. The lowest BCUT2D eigenvalue weighted by Gasteiger charge is -2.12. The minimum atomic E-state index is -0.449. The summed E-state index contributed by atoms with van der Waals surface area (Å²) in [5.74, 6) is -0.0306. The Hall–Kier alpha value is -1.35. The van der Waals surface area contributed by atoms with Crippen molar-refractivity contribution in [3.05, 3.63) is 35.9 Å². The van der Waals surface area contributed by atoms with Crippen molar-refractivity contribution in [1.82, 2.24) is 5.32 Å². The van der Waals surface area contributed by atoms with Gasteiger partial charge in [0.1, 0.15) is 0 Å². The largest absolute Gasteiger partial charge is 0.355 e. The highest BCUT2D eigenvalue weighted by molar-refractivity contribution is 5.81. The van der Waals surface area contributed by atoms with E-state index >= 15 is 0 Å². The molecular weight excluding hydrogens is 320 g/mol. The number of amides is 1. The van der Waals surface area contributed by atoms with Gasteiger partial charge in [0.25, 0.3) is 0 Å². The van der Waals surface area contributed by atoms with Crippen molar-refractivity contribution in [2.24, 2.45) is 5.73 Å². The maximum absolute atomic E-state index is 12.0. The Morgan fingerprint density at radius 1 is 0.846 bits per heavy atom. The maximum atomic E-state index is 12.0. The fraction of sp³-hybridized carbons (Fsp3) is 0.696. The summed E-state index contributed by atoms with van der Waals surface area (Å²) in [6.07, 6.45) is 16.6. The van der Waals surface area contributed by atoms with Crippen LogP contribution in [0.15, 0.2) is 30.3 Å². The van der Waals surface area contributed by atoms with Crippen molar-refractivity contribution in [3.8, 4) is 0 Å². The third kappa shape index (κ3) is 12.1. The molecule has 0 aromatic heterocycles. The lowest BCUT2D eigenvalue weighted by molar-refractivity contribution is -0.122. The number of carbonyl (C=O) groups is 1. The Morgan fingerprint density at radius 2 is 1.35 bits per heavy atom. The molecule has 26 heavy (non-hydrogen) atoms. The number of hydrogen-bond donors (Lipinski definition) is 2. The number of unbranched alkanes of at least 4 members (excludes halogenated alkanes) is 11. The van der Waals surface area contributed by atoms with E-state index in [1.807, 2.05) is 30.3 Å². The summed E-state index contributed by atoms with van der Waals surface area (Å²) in [7, 11) is 0. The first kappa shape index (κ1) is 22.7. The molecule has 1 amide bonds. The molecule has 3 heteroatoms. The van der Waals surface area contributed by atoms with Gasteiger partial charge >= 0.3 is 0 Å². The molecule has 0 bridgehead atoms. The fourth-order valence-electron chi connectivity index (χ4n) is 3.27. The standard InChI is InChI=1S/C23H40N2O/c1-2-3-4-5-6-7-8-9-10-11-12-16-19-25-23(26)22(24)20-21-17-14-13-15-18-21/h13-15,17-18,22H,2-12,16,19-20,24H2,1H3,(H,25,26)/t22-/m0/s1. The Bertz CT molecular complexity index is 447. The van der Waals surface area contributed by atoms with Gasteiger partial charge in [-0.1, -0.05) is 108 Å². The average Bonchev–Trinajstić information content (AvgIpc) is 2.66. The molecule has 0 radical (unpaired) electrons. The summed E-state index contributed by atoms with van der Waals surface area (Å²) in [6.45, 7) is 3.02. The minimum absolute atomic E-state index is 0.0306. The van der Waals surface area contributed by atoms with Crippen molar-refractivity contribution < 1.29 is 4.79 Å². The molecule has 0 aliphatic heterocycles. The second kappa shape index (κ2) is 15.9. The lowest BCUT2D eigenvalue weighted by Crippen LogP contribution is -2.42. The van der Waals surface area contributed by atoms with E-state index in [4.69, 9.17) is 5.73 Å². The van der Waals surface area contributed by atoms with Crippen molar-refractivity contribution in [3.63, 3.8) is 0 Å². The molecule has 0 spiro atoms. The van der Waals surface area contributed by atoms with E-state index in [0.717, 1.165) is 18.5 Å². The molecule has 0 fully saturated rings. The van der Waals surface area contributed by atoms with Gasteiger partial charge in [-0.3, -0.25) is 4.79 Å². The van der Waals surface area contributed by atoms with Gasteiger partial charge < -0.3 is 11.1 Å². The van der Waals surface area contributed by atoms with Gasteiger partial charge in [-0.15, -0.1) is 0 Å². The quantitative estimate of drug-likeness (QED) is 0.389. The normalized spacial score (nSPS) is 12.1. The fourth-order valence-corrected chi connectivity index (χ4v) is 3.27. The molecule has 0 aliphatic carbocycles. The van der Waals surface area contributed by atoms with Gasteiger partial charge in [-0.05, 0) is 18.4 Å². The van der Waals surface area contributed by atoms with Crippen LogP contribution in [0.4, 0.5) is 0 Å². The monoisotopic (exact) mass is 360 g/mol. The number of hydrogen-bond acceptors (Lipinski definition) is 2. The molecule has 0 saturated heterocycles. The molecule has 0 unspecified atom stereocenters. The third-order valence-corrected chi connectivity index (χ3v) is 4.96. The van der Waals surface area contributed by atoms with Gasteiger partial charge in [0.05, 0.1) is 6.04 Å².